The minimum atomic E-state index is 0. The van der Waals surface area contributed by atoms with Crippen molar-refractivity contribution < 1.29 is 9.47 Å². The van der Waals surface area contributed by atoms with Crippen molar-refractivity contribution in [2.24, 2.45) is 10.9 Å². The van der Waals surface area contributed by atoms with Crippen LogP contribution in [0.4, 0.5) is 0 Å². The number of aliphatic imine (C=N–C) groups is 1. The van der Waals surface area contributed by atoms with E-state index in [0.717, 1.165) is 56.7 Å². The third-order valence-corrected chi connectivity index (χ3v) is 4.71. The highest BCUT2D eigenvalue weighted by molar-refractivity contribution is 14.0. The van der Waals surface area contributed by atoms with E-state index in [1.165, 1.54) is 0 Å². The van der Waals surface area contributed by atoms with Gasteiger partial charge in [-0.05, 0) is 18.9 Å². The third-order valence-electron chi connectivity index (χ3n) is 4.71. The van der Waals surface area contributed by atoms with Gasteiger partial charge in [0.1, 0.15) is 5.75 Å². The van der Waals surface area contributed by atoms with Crippen molar-refractivity contribution in [2.75, 3.05) is 46.5 Å². The standard InChI is InChI=1S/C20H34N4O2.HI/c1-5-21-20(22-14-17-8-6-7-9-19(17)25-4)23-15-18(16(2)3)24-10-12-26-13-11-24;/h6-9,16,18H,5,10-15H2,1-4H3,(H2,21,22,23);1H. The molecule has 0 aliphatic carbocycles. The van der Waals surface area contributed by atoms with Crippen LogP contribution in [0.25, 0.3) is 0 Å². The predicted octanol–water partition coefficient (Wildman–Crippen LogP) is 2.73. The maximum Gasteiger partial charge on any atom is 0.191 e. The Labute approximate surface area is 181 Å². The molecule has 6 nitrogen and oxygen atoms in total. The van der Waals surface area contributed by atoms with Gasteiger partial charge in [0, 0.05) is 37.8 Å². The average Bonchev–Trinajstić information content (AvgIpc) is 2.67. The molecule has 1 aromatic carbocycles. The Morgan fingerprint density at radius 3 is 2.56 bits per heavy atom. The molecule has 154 valence electrons. The zero-order valence-electron chi connectivity index (χ0n) is 17.0. The summed E-state index contributed by atoms with van der Waals surface area (Å²) in [4.78, 5) is 7.26. The summed E-state index contributed by atoms with van der Waals surface area (Å²) in [5.74, 6) is 2.29. The summed E-state index contributed by atoms with van der Waals surface area (Å²) >= 11 is 0. The van der Waals surface area contributed by atoms with E-state index < -0.39 is 0 Å². The lowest BCUT2D eigenvalue weighted by molar-refractivity contribution is 0.00752. The van der Waals surface area contributed by atoms with E-state index in [2.05, 4.69) is 42.4 Å². The SMILES string of the molecule is CCNC(=NCc1ccccc1OC)NCC(C(C)C)N1CCOCC1.I. The Bertz CT molecular complexity index is 563. The van der Waals surface area contributed by atoms with E-state index in [4.69, 9.17) is 14.5 Å². The minimum absolute atomic E-state index is 0. The van der Waals surface area contributed by atoms with E-state index >= 15 is 0 Å². The smallest absolute Gasteiger partial charge is 0.191 e. The van der Waals surface area contributed by atoms with Crippen LogP contribution in [-0.4, -0.2) is 63.4 Å². The number of guanidine groups is 1. The number of methoxy groups -OCH3 is 1. The predicted molar refractivity (Wildman–Crippen MR) is 122 cm³/mol. The summed E-state index contributed by atoms with van der Waals surface area (Å²) in [7, 11) is 1.70. The Morgan fingerprint density at radius 2 is 1.93 bits per heavy atom. The van der Waals surface area contributed by atoms with Crippen molar-refractivity contribution in [3.05, 3.63) is 29.8 Å². The summed E-state index contributed by atoms with van der Waals surface area (Å²) in [6.45, 7) is 12.6. The van der Waals surface area contributed by atoms with Crippen LogP contribution in [0.5, 0.6) is 5.75 Å². The molecule has 0 bridgehead atoms. The number of hydrogen-bond donors (Lipinski definition) is 2. The van der Waals surface area contributed by atoms with Crippen molar-refractivity contribution >= 4 is 29.9 Å². The molecule has 1 atom stereocenters. The van der Waals surface area contributed by atoms with E-state index in [9.17, 15) is 0 Å². The van der Waals surface area contributed by atoms with Crippen molar-refractivity contribution in [3.63, 3.8) is 0 Å². The first-order valence-electron chi connectivity index (χ1n) is 9.61. The van der Waals surface area contributed by atoms with Gasteiger partial charge in [-0.3, -0.25) is 4.90 Å². The van der Waals surface area contributed by atoms with Gasteiger partial charge < -0.3 is 20.1 Å². The zero-order valence-corrected chi connectivity index (χ0v) is 19.4. The van der Waals surface area contributed by atoms with Crippen molar-refractivity contribution in [1.82, 2.24) is 15.5 Å². The average molecular weight is 490 g/mol. The summed E-state index contributed by atoms with van der Waals surface area (Å²) in [6.07, 6.45) is 0. The number of para-hydroxylation sites is 1. The molecule has 0 radical (unpaired) electrons. The quantitative estimate of drug-likeness (QED) is 0.334. The second-order valence-electron chi connectivity index (χ2n) is 6.85. The van der Waals surface area contributed by atoms with Crippen LogP contribution in [0.15, 0.2) is 29.3 Å². The van der Waals surface area contributed by atoms with Crippen LogP contribution in [0, 0.1) is 5.92 Å². The minimum Gasteiger partial charge on any atom is -0.496 e. The first kappa shape index (κ1) is 24.0. The lowest BCUT2D eigenvalue weighted by atomic mass is 10.0. The fraction of sp³-hybridized carbons (Fsp3) is 0.650. The molecule has 1 aliphatic rings. The zero-order chi connectivity index (χ0) is 18.8. The molecule has 1 unspecified atom stereocenters. The number of ether oxygens (including phenoxy) is 2. The van der Waals surface area contributed by atoms with Gasteiger partial charge in [0.15, 0.2) is 5.96 Å². The molecule has 27 heavy (non-hydrogen) atoms. The summed E-state index contributed by atoms with van der Waals surface area (Å²) in [6, 6.07) is 8.48. The van der Waals surface area contributed by atoms with Gasteiger partial charge >= 0.3 is 0 Å². The van der Waals surface area contributed by atoms with Gasteiger partial charge in [-0.25, -0.2) is 4.99 Å². The highest BCUT2D eigenvalue weighted by Gasteiger charge is 2.23. The first-order chi connectivity index (χ1) is 12.7. The molecule has 1 heterocycles. The molecule has 0 amide bonds. The van der Waals surface area contributed by atoms with Crippen molar-refractivity contribution in [1.29, 1.82) is 0 Å². The molecule has 0 aromatic heterocycles. The van der Waals surface area contributed by atoms with Crippen LogP contribution in [0.1, 0.15) is 26.3 Å². The van der Waals surface area contributed by atoms with E-state index in [0.29, 0.717) is 18.5 Å². The fourth-order valence-corrected chi connectivity index (χ4v) is 3.24. The third kappa shape index (κ3) is 7.83. The number of morpholine rings is 1. The number of rotatable bonds is 8. The van der Waals surface area contributed by atoms with Gasteiger partial charge in [-0.1, -0.05) is 32.0 Å². The number of nitrogens with zero attached hydrogens (tertiary/aromatic N) is 2. The molecule has 2 rings (SSSR count). The van der Waals surface area contributed by atoms with E-state index in [-0.39, 0.29) is 24.0 Å². The molecular formula is C20H35IN4O2. The highest BCUT2D eigenvalue weighted by Crippen LogP contribution is 2.18. The molecule has 7 heteroatoms. The molecular weight excluding hydrogens is 455 g/mol. The normalized spacial score (nSPS) is 16.6. The fourth-order valence-electron chi connectivity index (χ4n) is 3.24. The van der Waals surface area contributed by atoms with Gasteiger partial charge in [-0.15, -0.1) is 24.0 Å². The maximum atomic E-state index is 5.49. The van der Waals surface area contributed by atoms with E-state index in [1.807, 2.05) is 18.2 Å². The summed E-state index contributed by atoms with van der Waals surface area (Å²) in [5.41, 5.74) is 1.08. The molecule has 1 saturated heterocycles. The Kier molecular flexibility index (Phi) is 11.7. The molecule has 0 saturated carbocycles. The lowest BCUT2D eigenvalue weighted by Crippen LogP contribution is -2.52. The van der Waals surface area contributed by atoms with Crippen molar-refractivity contribution in [3.8, 4) is 5.75 Å². The van der Waals surface area contributed by atoms with Crippen molar-refractivity contribution in [2.45, 2.75) is 33.4 Å². The Balaban J connectivity index is 0.00000364. The highest BCUT2D eigenvalue weighted by atomic mass is 127. The largest absolute Gasteiger partial charge is 0.496 e. The second-order valence-corrected chi connectivity index (χ2v) is 6.85. The number of halogens is 1. The second kappa shape index (κ2) is 13.2. The number of benzene rings is 1. The van der Waals surface area contributed by atoms with Gasteiger partial charge in [0.25, 0.3) is 0 Å². The monoisotopic (exact) mass is 490 g/mol. The Hall–Kier alpha value is -1.06. The summed E-state index contributed by atoms with van der Waals surface area (Å²) < 4.78 is 10.9. The van der Waals surface area contributed by atoms with Crippen LogP contribution in [0.3, 0.4) is 0 Å². The molecule has 1 aromatic rings. The maximum absolute atomic E-state index is 5.49. The van der Waals surface area contributed by atoms with E-state index in [1.54, 1.807) is 7.11 Å². The number of hydrogen-bond acceptors (Lipinski definition) is 4. The molecule has 1 aliphatic heterocycles. The number of nitrogens with one attached hydrogen (secondary N) is 2. The van der Waals surface area contributed by atoms with Crippen LogP contribution < -0.4 is 15.4 Å². The molecule has 1 fully saturated rings. The first-order valence-corrected chi connectivity index (χ1v) is 9.61. The molecule has 2 N–H and O–H groups in total. The van der Waals surface area contributed by atoms with Crippen LogP contribution in [-0.2, 0) is 11.3 Å². The molecule has 0 spiro atoms. The lowest BCUT2D eigenvalue weighted by Gasteiger charge is -2.37. The van der Waals surface area contributed by atoms with Crippen LogP contribution in [0.2, 0.25) is 0 Å². The van der Waals surface area contributed by atoms with Gasteiger partial charge in [0.05, 0.1) is 26.9 Å². The Morgan fingerprint density at radius 1 is 1.22 bits per heavy atom. The van der Waals surface area contributed by atoms with Gasteiger partial charge in [-0.2, -0.15) is 0 Å². The topological polar surface area (TPSA) is 58.1 Å². The van der Waals surface area contributed by atoms with Gasteiger partial charge in [0.2, 0.25) is 0 Å². The summed E-state index contributed by atoms with van der Waals surface area (Å²) in [5, 5.41) is 6.87. The van der Waals surface area contributed by atoms with Crippen LogP contribution >= 0.6 is 24.0 Å².